The normalized spacial score (nSPS) is 17.8. The van der Waals surface area contributed by atoms with E-state index in [0.717, 1.165) is 10.3 Å². The maximum absolute atomic E-state index is 13.2. The Morgan fingerprint density at radius 1 is 0.970 bits per heavy atom. The van der Waals surface area contributed by atoms with Crippen LogP contribution in [0.15, 0.2) is 72.3 Å². The van der Waals surface area contributed by atoms with Gasteiger partial charge in [-0.25, -0.2) is 4.98 Å². The Balaban J connectivity index is 1.73. The van der Waals surface area contributed by atoms with Gasteiger partial charge in [0.1, 0.15) is 5.76 Å². The minimum atomic E-state index is -0.861. The van der Waals surface area contributed by atoms with Crippen LogP contribution in [0.3, 0.4) is 0 Å². The molecule has 3 aromatic carbocycles. The van der Waals surface area contributed by atoms with Crippen molar-refractivity contribution in [1.29, 1.82) is 0 Å². The van der Waals surface area contributed by atoms with Crippen LogP contribution in [-0.2, 0) is 9.59 Å². The molecule has 0 aliphatic carbocycles. The van der Waals surface area contributed by atoms with E-state index < -0.39 is 17.7 Å². The van der Waals surface area contributed by atoms with Crippen LogP contribution >= 0.6 is 34.5 Å². The number of aromatic nitrogens is 1. The highest BCUT2D eigenvalue weighted by molar-refractivity contribution is 7.22. The molecular weight excluding hydrogens is 479 g/mol. The molecule has 1 N–H and O–H groups in total. The average molecular weight is 495 g/mol. The third kappa shape index (κ3) is 3.80. The zero-order valence-electron chi connectivity index (χ0n) is 17.3. The first-order chi connectivity index (χ1) is 15.8. The van der Waals surface area contributed by atoms with Crippen LogP contribution in [0, 0.1) is 6.92 Å². The summed E-state index contributed by atoms with van der Waals surface area (Å²) in [4.78, 5) is 32.4. The average Bonchev–Trinajstić information content (AvgIpc) is 3.32. The van der Waals surface area contributed by atoms with Crippen molar-refractivity contribution in [3.8, 4) is 0 Å². The summed E-state index contributed by atoms with van der Waals surface area (Å²) in [5.41, 5.74) is 2.76. The van der Waals surface area contributed by atoms with Gasteiger partial charge in [-0.2, -0.15) is 0 Å². The number of amides is 1. The summed E-state index contributed by atoms with van der Waals surface area (Å²) < 4.78 is 0.785. The third-order valence-electron chi connectivity index (χ3n) is 5.50. The van der Waals surface area contributed by atoms with E-state index in [0.29, 0.717) is 31.8 Å². The van der Waals surface area contributed by atoms with Crippen molar-refractivity contribution in [3.05, 3.63) is 99.0 Å². The summed E-state index contributed by atoms with van der Waals surface area (Å²) in [5, 5.41) is 12.6. The van der Waals surface area contributed by atoms with Gasteiger partial charge in [0.2, 0.25) is 0 Å². The molecule has 33 heavy (non-hydrogen) atoms. The highest BCUT2D eigenvalue weighted by Gasteiger charge is 2.48. The van der Waals surface area contributed by atoms with Crippen LogP contribution in [0.25, 0.3) is 16.0 Å². The van der Waals surface area contributed by atoms with E-state index in [4.69, 9.17) is 23.2 Å². The number of benzene rings is 3. The van der Waals surface area contributed by atoms with E-state index >= 15 is 0 Å². The van der Waals surface area contributed by atoms with Gasteiger partial charge in [0, 0.05) is 15.6 Å². The van der Waals surface area contributed by atoms with Gasteiger partial charge in [0.05, 0.1) is 21.8 Å². The number of thiazole rings is 1. The maximum atomic E-state index is 13.2. The van der Waals surface area contributed by atoms with E-state index in [1.807, 2.05) is 19.1 Å². The molecule has 1 amide bonds. The predicted octanol–water partition coefficient (Wildman–Crippen LogP) is 6.54. The van der Waals surface area contributed by atoms with E-state index in [1.54, 1.807) is 54.6 Å². The smallest absolute Gasteiger partial charge is 0.301 e. The highest BCUT2D eigenvalue weighted by atomic mass is 35.5. The molecular formula is C25H16Cl2N2O3S. The first kappa shape index (κ1) is 21.6. The second-order valence-corrected chi connectivity index (χ2v) is 9.58. The molecule has 1 aliphatic heterocycles. The van der Waals surface area contributed by atoms with Crippen molar-refractivity contribution < 1.29 is 14.7 Å². The Labute approximate surface area is 203 Å². The summed E-state index contributed by atoms with van der Waals surface area (Å²) in [6.07, 6.45) is 0. The third-order valence-corrected chi connectivity index (χ3v) is 7.00. The van der Waals surface area contributed by atoms with Gasteiger partial charge in [0.25, 0.3) is 5.78 Å². The molecule has 1 aromatic heterocycles. The molecule has 0 radical (unpaired) electrons. The van der Waals surface area contributed by atoms with E-state index in [9.17, 15) is 14.7 Å². The number of fused-ring (bicyclic) bond motifs is 1. The number of anilines is 1. The number of hydrogen-bond donors (Lipinski definition) is 1. The Morgan fingerprint density at radius 2 is 1.64 bits per heavy atom. The fourth-order valence-electron chi connectivity index (χ4n) is 3.85. The first-order valence-corrected chi connectivity index (χ1v) is 11.6. The number of nitrogens with zero attached hydrogens (tertiary/aromatic N) is 2. The molecule has 2 heterocycles. The minimum Gasteiger partial charge on any atom is -0.507 e. The van der Waals surface area contributed by atoms with Crippen molar-refractivity contribution in [2.45, 2.75) is 13.0 Å². The zero-order valence-corrected chi connectivity index (χ0v) is 19.6. The summed E-state index contributed by atoms with van der Waals surface area (Å²) >= 11 is 13.4. The number of aliphatic hydroxyl groups is 1. The molecule has 1 unspecified atom stereocenters. The van der Waals surface area contributed by atoms with Gasteiger partial charge in [0.15, 0.2) is 5.13 Å². The fraction of sp³-hybridized carbons (Fsp3) is 0.0800. The Morgan fingerprint density at radius 3 is 2.33 bits per heavy atom. The Hall–Kier alpha value is -3.19. The number of carbonyl (C=O) groups is 2. The maximum Gasteiger partial charge on any atom is 0.301 e. The van der Waals surface area contributed by atoms with Gasteiger partial charge in [-0.15, -0.1) is 0 Å². The number of ketones is 1. The van der Waals surface area contributed by atoms with Gasteiger partial charge < -0.3 is 5.11 Å². The topological polar surface area (TPSA) is 70.5 Å². The second-order valence-electron chi connectivity index (χ2n) is 7.70. The molecule has 1 fully saturated rings. The standard InChI is InChI=1S/C25H16Cl2N2O3S/c1-13-2-4-15(5-3-13)22(30)20-21(14-6-8-16(26)9-7-14)29(24(32)23(20)31)25-28-18-11-10-17(27)12-19(18)33-25/h2-12,21,30H,1H3/b22-20+. The molecule has 164 valence electrons. The highest BCUT2D eigenvalue weighted by Crippen LogP contribution is 2.44. The fourth-order valence-corrected chi connectivity index (χ4v) is 5.24. The number of carbonyl (C=O) groups excluding carboxylic acids is 2. The number of aliphatic hydroxyl groups excluding tert-OH is 1. The summed E-state index contributed by atoms with van der Waals surface area (Å²) in [6, 6.07) is 18.3. The largest absolute Gasteiger partial charge is 0.507 e. The van der Waals surface area contributed by atoms with Crippen LogP contribution in [-0.4, -0.2) is 21.8 Å². The molecule has 5 rings (SSSR count). The molecule has 1 saturated heterocycles. The predicted molar refractivity (Wildman–Crippen MR) is 132 cm³/mol. The van der Waals surface area contributed by atoms with Crippen molar-refractivity contribution in [1.82, 2.24) is 4.98 Å². The van der Waals surface area contributed by atoms with Gasteiger partial charge in [-0.3, -0.25) is 14.5 Å². The number of Topliss-reactive ketones (excluding diaryl/α,β-unsaturated/α-hetero) is 1. The molecule has 8 heteroatoms. The Bertz CT molecular complexity index is 1440. The molecule has 0 bridgehead atoms. The molecule has 4 aromatic rings. The lowest BCUT2D eigenvalue weighted by atomic mass is 9.95. The van der Waals surface area contributed by atoms with Crippen LogP contribution in [0.1, 0.15) is 22.7 Å². The van der Waals surface area contributed by atoms with E-state index in [2.05, 4.69) is 4.98 Å². The monoisotopic (exact) mass is 494 g/mol. The van der Waals surface area contributed by atoms with Crippen LogP contribution in [0.5, 0.6) is 0 Å². The molecule has 0 saturated carbocycles. The van der Waals surface area contributed by atoms with Gasteiger partial charge in [-0.05, 0) is 42.8 Å². The second kappa shape index (κ2) is 8.30. The van der Waals surface area contributed by atoms with E-state index in [-0.39, 0.29) is 11.3 Å². The summed E-state index contributed by atoms with van der Waals surface area (Å²) in [6.45, 7) is 1.93. The Kier molecular flexibility index (Phi) is 5.44. The van der Waals surface area contributed by atoms with Crippen molar-refractivity contribution in [2.24, 2.45) is 0 Å². The first-order valence-electron chi connectivity index (χ1n) is 10.0. The van der Waals surface area contributed by atoms with E-state index in [1.165, 1.54) is 16.2 Å². The van der Waals surface area contributed by atoms with Crippen molar-refractivity contribution >= 4 is 67.3 Å². The lowest BCUT2D eigenvalue weighted by Gasteiger charge is -2.23. The van der Waals surface area contributed by atoms with Crippen molar-refractivity contribution in [2.75, 3.05) is 4.90 Å². The lowest BCUT2D eigenvalue weighted by molar-refractivity contribution is -0.132. The van der Waals surface area contributed by atoms with Gasteiger partial charge >= 0.3 is 5.91 Å². The number of hydrogen-bond acceptors (Lipinski definition) is 5. The summed E-state index contributed by atoms with van der Waals surface area (Å²) in [5.74, 6) is -1.76. The number of rotatable bonds is 3. The van der Waals surface area contributed by atoms with Gasteiger partial charge in [-0.1, -0.05) is 76.5 Å². The molecule has 1 aliphatic rings. The molecule has 1 atom stereocenters. The quantitative estimate of drug-likeness (QED) is 0.199. The van der Waals surface area contributed by atoms with Crippen molar-refractivity contribution in [3.63, 3.8) is 0 Å². The van der Waals surface area contributed by atoms with Crippen LogP contribution < -0.4 is 4.90 Å². The van der Waals surface area contributed by atoms with Crippen LogP contribution in [0.2, 0.25) is 10.0 Å². The number of halogens is 2. The number of aryl methyl sites for hydroxylation is 1. The minimum absolute atomic E-state index is 0.00321. The molecule has 5 nitrogen and oxygen atoms in total. The lowest BCUT2D eigenvalue weighted by Crippen LogP contribution is -2.29. The zero-order chi connectivity index (χ0) is 23.3. The molecule has 0 spiro atoms. The van der Waals surface area contributed by atoms with Crippen LogP contribution in [0.4, 0.5) is 5.13 Å². The SMILES string of the molecule is Cc1ccc(/C(O)=C2\C(=O)C(=O)N(c3nc4ccc(Cl)cc4s3)C2c2ccc(Cl)cc2)cc1. The summed E-state index contributed by atoms with van der Waals surface area (Å²) in [7, 11) is 0.